The number of hydrogen-bond acceptors (Lipinski definition) is 0. The van der Waals surface area contributed by atoms with Crippen molar-refractivity contribution in [3.8, 4) is 50.2 Å². The van der Waals surface area contributed by atoms with Crippen molar-refractivity contribution in [2.75, 3.05) is 6.26 Å². The molecule has 1 heterocycles. The minimum atomic E-state index is -1.60. The van der Waals surface area contributed by atoms with E-state index in [4.69, 9.17) is 0 Å². The van der Waals surface area contributed by atoms with E-state index in [2.05, 4.69) is 286 Å². The van der Waals surface area contributed by atoms with Gasteiger partial charge in [0, 0.05) is 16.5 Å². The van der Waals surface area contributed by atoms with Crippen LogP contribution in [0.5, 0.6) is 0 Å². The fourth-order valence-corrected chi connectivity index (χ4v) is 11.7. The number of benzene rings is 10. The highest BCUT2D eigenvalue weighted by Crippen LogP contribution is 2.66. The van der Waals surface area contributed by atoms with Gasteiger partial charge >= 0.3 is 0 Å². The molecule has 0 saturated heterocycles. The van der Waals surface area contributed by atoms with E-state index >= 15 is 0 Å². The lowest BCUT2D eigenvalue weighted by Crippen LogP contribution is -2.02. The number of aromatic nitrogens is 1. The molecule has 0 unspecified atom stereocenters. The molecule has 1 nitrogen and oxygen atoms in total. The van der Waals surface area contributed by atoms with Crippen molar-refractivity contribution in [3.63, 3.8) is 0 Å². The first-order valence-corrected chi connectivity index (χ1v) is 26.4. The Kier molecular flexibility index (Phi) is 15.9. The van der Waals surface area contributed by atoms with E-state index in [1.807, 2.05) is 19.9 Å². The Labute approximate surface area is 412 Å². The molecule has 342 valence electrons. The summed E-state index contributed by atoms with van der Waals surface area (Å²) in [7, 11) is -1.60. The van der Waals surface area contributed by atoms with E-state index in [1.54, 1.807) is 0 Å². The Morgan fingerprint density at radius 2 is 0.638 bits per heavy atom. The first-order valence-electron chi connectivity index (χ1n) is 24.3. The van der Waals surface area contributed by atoms with Gasteiger partial charge in [0.1, 0.15) is 0 Å². The van der Waals surface area contributed by atoms with Crippen LogP contribution < -0.4 is 0 Å². The van der Waals surface area contributed by atoms with Crippen LogP contribution in [-0.4, -0.2) is 10.8 Å². The van der Waals surface area contributed by atoms with Crippen LogP contribution in [0.25, 0.3) is 72.0 Å². The number of aryl methyl sites for hydroxylation is 1. The second-order valence-electron chi connectivity index (χ2n) is 17.1. The van der Waals surface area contributed by atoms with Gasteiger partial charge in [-0.3, -0.25) is 0 Å². The van der Waals surface area contributed by atoms with E-state index < -0.39 is 10.0 Å². The normalized spacial score (nSPS) is 11.0. The molecule has 0 saturated carbocycles. The standard InChI is InChI=1S/C49H37NS.C13H12.C3H8.C2H6/c1-51(43-31-25-38(26-32-43)36-13-4-2-5-14-36,44-33-27-39(28-34-44)37-15-6-3-7-16-37)45-18-12-17-41(35-45)40-23-29-42(30-24-40)50-48-21-10-8-19-46(48)47-20-9-11-22-49(47)50;1-11-7-9-13(10-8-11)12-5-3-2-4-6-12;1-3-2;1-2/h2-35H,1H3;2-10H,1H3;3H2,1-2H3;1-2H3. The van der Waals surface area contributed by atoms with Crippen molar-refractivity contribution >= 4 is 31.8 Å². The third kappa shape index (κ3) is 10.7. The first-order chi connectivity index (χ1) is 33.9. The molecule has 0 bridgehead atoms. The summed E-state index contributed by atoms with van der Waals surface area (Å²) in [5, 5.41) is 2.56. The van der Waals surface area contributed by atoms with Crippen molar-refractivity contribution in [3.05, 3.63) is 266 Å². The minimum Gasteiger partial charge on any atom is -0.309 e. The maximum absolute atomic E-state index is 2.45. The van der Waals surface area contributed by atoms with E-state index in [9.17, 15) is 0 Å². The maximum atomic E-state index is 2.45. The quantitative estimate of drug-likeness (QED) is 0.143. The number of hydrogen-bond donors (Lipinski definition) is 0. The molecule has 11 aromatic rings. The van der Waals surface area contributed by atoms with Gasteiger partial charge in [-0.1, -0.05) is 240 Å². The summed E-state index contributed by atoms with van der Waals surface area (Å²) in [6.45, 7) is 10.4. The molecule has 0 radical (unpaired) electrons. The molecule has 11 rings (SSSR count). The van der Waals surface area contributed by atoms with E-state index in [1.165, 1.54) is 98.7 Å². The van der Waals surface area contributed by atoms with Gasteiger partial charge < -0.3 is 4.57 Å². The highest BCUT2D eigenvalue weighted by molar-refractivity contribution is 8.33. The largest absolute Gasteiger partial charge is 0.309 e. The molecule has 0 aliphatic carbocycles. The summed E-state index contributed by atoms with van der Waals surface area (Å²) in [4.78, 5) is 4.02. The van der Waals surface area contributed by atoms with Gasteiger partial charge in [0.05, 0.1) is 11.0 Å². The molecule has 0 spiro atoms. The molecule has 10 aromatic carbocycles. The molecule has 0 amide bonds. The average Bonchev–Trinajstić information content (AvgIpc) is 3.77. The van der Waals surface area contributed by atoms with Crippen LogP contribution in [-0.2, 0) is 0 Å². The third-order valence-electron chi connectivity index (χ3n) is 12.4. The molecular weight excluding hydrogens is 851 g/mol. The number of fused-ring (bicyclic) bond motifs is 3. The topological polar surface area (TPSA) is 4.93 Å². The second kappa shape index (κ2) is 22.9. The lowest BCUT2D eigenvalue weighted by atomic mass is 10.0. The zero-order chi connectivity index (χ0) is 48.0. The van der Waals surface area contributed by atoms with E-state index in [0.29, 0.717) is 0 Å². The molecule has 0 N–H and O–H groups in total. The summed E-state index contributed by atoms with van der Waals surface area (Å²) in [5.41, 5.74) is 14.9. The van der Waals surface area contributed by atoms with Crippen molar-refractivity contribution in [2.24, 2.45) is 0 Å². The van der Waals surface area contributed by atoms with E-state index in [-0.39, 0.29) is 0 Å². The predicted molar refractivity (Wildman–Crippen MR) is 302 cm³/mol. The summed E-state index contributed by atoms with van der Waals surface area (Å²) in [5.74, 6) is 0. The lowest BCUT2D eigenvalue weighted by Gasteiger charge is -2.38. The van der Waals surface area contributed by atoms with Gasteiger partial charge in [-0.15, -0.1) is 0 Å². The van der Waals surface area contributed by atoms with Crippen molar-refractivity contribution in [1.29, 1.82) is 0 Å². The molecule has 0 fully saturated rings. The third-order valence-corrected chi connectivity index (χ3v) is 16.0. The van der Waals surface area contributed by atoms with Crippen LogP contribution in [0.4, 0.5) is 0 Å². The van der Waals surface area contributed by atoms with Crippen LogP contribution >= 0.6 is 10.0 Å². The van der Waals surface area contributed by atoms with Crippen molar-refractivity contribution in [1.82, 2.24) is 4.57 Å². The van der Waals surface area contributed by atoms with Crippen LogP contribution in [0.2, 0.25) is 0 Å². The number of para-hydroxylation sites is 2. The fraction of sp³-hybridized carbons (Fsp3) is 0.104. The zero-order valence-corrected chi connectivity index (χ0v) is 41.7. The van der Waals surface area contributed by atoms with Crippen LogP contribution in [0.1, 0.15) is 39.7 Å². The zero-order valence-electron chi connectivity index (χ0n) is 40.9. The van der Waals surface area contributed by atoms with Gasteiger partial charge in [-0.05, 0) is 133 Å². The van der Waals surface area contributed by atoms with Gasteiger partial charge in [0.2, 0.25) is 0 Å². The first kappa shape index (κ1) is 47.8. The second-order valence-corrected chi connectivity index (χ2v) is 20.3. The molecule has 0 atom stereocenters. The highest BCUT2D eigenvalue weighted by Gasteiger charge is 2.27. The number of nitrogens with zero attached hydrogens (tertiary/aromatic N) is 1. The van der Waals surface area contributed by atoms with Crippen LogP contribution in [0.15, 0.2) is 276 Å². The van der Waals surface area contributed by atoms with Gasteiger partial charge in [-0.25, -0.2) is 0 Å². The van der Waals surface area contributed by atoms with Crippen LogP contribution in [0, 0.1) is 6.92 Å². The monoisotopic (exact) mass is 913 g/mol. The average molecular weight is 914 g/mol. The van der Waals surface area contributed by atoms with Crippen molar-refractivity contribution in [2.45, 2.75) is 55.7 Å². The van der Waals surface area contributed by atoms with Gasteiger partial charge in [0.25, 0.3) is 0 Å². The molecular formula is C67H63NS. The van der Waals surface area contributed by atoms with Crippen LogP contribution in [0.3, 0.4) is 0 Å². The molecule has 1 aromatic heterocycles. The Balaban J connectivity index is 0.000000302. The maximum Gasteiger partial charge on any atom is 0.0541 e. The molecule has 2 heteroatoms. The SMILES string of the molecule is CC.CCC.CS(c1ccc(-c2ccccc2)cc1)(c1ccc(-c2ccccc2)cc1)c1cccc(-c2ccc(-n3c4ccccc4c4ccccc43)cc2)c1.Cc1ccc(-c2ccccc2)cc1. The fourth-order valence-electron chi connectivity index (χ4n) is 8.82. The summed E-state index contributed by atoms with van der Waals surface area (Å²) >= 11 is 0. The smallest absolute Gasteiger partial charge is 0.0541 e. The summed E-state index contributed by atoms with van der Waals surface area (Å²) < 4.78 is 2.38. The molecule has 0 aliphatic rings. The Hall–Kier alpha value is -7.65. The van der Waals surface area contributed by atoms with Gasteiger partial charge in [-0.2, -0.15) is 10.0 Å². The Morgan fingerprint density at radius 3 is 1.06 bits per heavy atom. The van der Waals surface area contributed by atoms with Gasteiger partial charge in [0.15, 0.2) is 0 Å². The molecule has 0 aliphatic heterocycles. The number of rotatable bonds is 8. The highest BCUT2D eigenvalue weighted by atomic mass is 32.3. The Bertz CT molecular complexity index is 3160. The van der Waals surface area contributed by atoms with Crippen molar-refractivity contribution < 1.29 is 0 Å². The predicted octanol–water partition coefficient (Wildman–Crippen LogP) is 19.8. The minimum absolute atomic E-state index is 1.17. The summed E-state index contributed by atoms with van der Waals surface area (Å²) in [6, 6.07) is 94.5. The summed E-state index contributed by atoms with van der Waals surface area (Å²) in [6.07, 6.45) is 3.70. The Morgan fingerprint density at radius 1 is 0.319 bits per heavy atom. The van der Waals surface area contributed by atoms with E-state index in [0.717, 1.165) is 0 Å². The molecule has 69 heavy (non-hydrogen) atoms. The lowest BCUT2D eigenvalue weighted by molar-refractivity contribution is 1.09.